The third-order valence-electron chi connectivity index (χ3n) is 2.31. The van der Waals surface area contributed by atoms with Crippen LogP contribution in [0.25, 0.3) is 0 Å². The highest BCUT2D eigenvalue weighted by Gasteiger charge is 2.28. The van der Waals surface area contributed by atoms with Crippen LogP contribution in [0.4, 0.5) is 4.39 Å². The Balaban J connectivity index is 2.32. The lowest BCUT2D eigenvalue weighted by Crippen LogP contribution is -2.22. The van der Waals surface area contributed by atoms with E-state index in [1.165, 1.54) is 0 Å². The quantitative estimate of drug-likeness (QED) is 0.688. The molecule has 0 spiro atoms. The molecule has 0 amide bonds. The predicted molar refractivity (Wildman–Crippen MR) is 42.8 cm³/mol. The van der Waals surface area contributed by atoms with Crippen LogP contribution in [0.5, 0.6) is 0 Å². The molecule has 1 heterocycles. The van der Waals surface area contributed by atoms with Crippen molar-refractivity contribution in [1.29, 1.82) is 0 Å². The minimum atomic E-state index is -1.17. The van der Waals surface area contributed by atoms with Crippen molar-refractivity contribution in [3.05, 3.63) is 0 Å². The molecule has 1 saturated heterocycles. The van der Waals surface area contributed by atoms with Gasteiger partial charge in [-0.1, -0.05) is 0 Å². The van der Waals surface area contributed by atoms with E-state index in [0.717, 1.165) is 13.0 Å². The van der Waals surface area contributed by atoms with Crippen LogP contribution in [0.1, 0.15) is 12.8 Å². The van der Waals surface area contributed by atoms with Crippen molar-refractivity contribution in [2.24, 2.45) is 5.92 Å². The van der Waals surface area contributed by atoms with E-state index in [9.17, 15) is 9.18 Å². The molecule has 1 N–H and O–H groups in total. The number of hydrogen-bond acceptors (Lipinski definition) is 2. The van der Waals surface area contributed by atoms with Crippen LogP contribution in [0.15, 0.2) is 0 Å². The molecule has 12 heavy (non-hydrogen) atoms. The monoisotopic (exact) mass is 175 g/mol. The highest BCUT2D eigenvalue weighted by atomic mass is 19.1. The lowest BCUT2D eigenvalue weighted by atomic mass is 10.0. The minimum Gasteiger partial charge on any atom is -0.481 e. The van der Waals surface area contributed by atoms with Gasteiger partial charge in [-0.2, -0.15) is 0 Å². The van der Waals surface area contributed by atoms with Gasteiger partial charge in [0.05, 0.1) is 6.42 Å². The summed E-state index contributed by atoms with van der Waals surface area (Å²) in [5.74, 6) is -1.12. The Kier molecular flexibility index (Phi) is 3.03. The van der Waals surface area contributed by atoms with Gasteiger partial charge < -0.3 is 10.0 Å². The highest BCUT2D eigenvalue weighted by Crippen LogP contribution is 2.22. The van der Waals surface area contributed by atoms with E-state index in [1.54, 1.807) is 0 Å². The summed E-state index contributed by atoms with van der Waals surface area (Å²) in [6.07, 6.45) is -0.740. The maximum atomic E-state index is 13.1. The van der Waals surface area contributed by atoms with E-state index >= 15 is 0 Å². The molecule has 4 heteroatoms. The summed E-state index contributed by atoms with van der Waals surface area (Å²) in [6.45, 7) is 1.57. The largest absolute Gasteiger partial charge is 0.481 e. The molecule has 3 nitrogen and oxygen atoms in total. The van der Waals surface area contributed by atoms with Gasteiger partial charge in [-0.15, -0.1) is 0 Å². The smallest absolute Gasteiger partial charge is 0.306 e. The second-order valence-corrected chi connectivity index (χ2v) is 3.42. The molecular weight excluding hydrogens is 161 g/mol. The Morgan fingerprint density at radius 3 is 2.92 bits per heavy atom. The topological polar surface area (TPSA) is 40.5 Å². The van der Waals surface area contributed by atoms with E-state index < -0.39 is 12.1 Å². The summed E-state index contributed by atoms with van der Waals surface area (Å²) in [5.41, 5.74) is 0. The number of nitrogens with zero attached hydrogens (tertiary/aromatic N) is 1. The summed E-state index contributed by atoms with van der Waals surface area (Å²) >= 11 is 0. The van der Waals surface area contributed by atoms with Gasteiger partial charge in [-0.25, -0.2) is 4.39 Å². The van der Waals surface area contributed by atoms with Crippen LogP contribution in [0.2, 0.25) is 0 Å². The summed E-state index contributed by atoms with van der Waals surface area (Å²) in [7, 11) is 1.92. The van der Waals surface area contributed by atoms with Crippen molar-refractivity contribution in [3.8, 4) is 0 Å². The Bertz CT molecular complexity index is 174. The minimum absolute atomic E-state index is 0.0777. The van der Waals surface area contributed by atoms with Crippen molar-refractivity contribution in [1.82, 2.24) is 4.90 Å². The zero-order chi connectivity index (χ0) is 9.14. The van der Waals surface area contributed by atoms with Crippen LogP contribution in [0.3, 0.4) is 0 Å². The first-order valence-corrected chi connectivity index (χ1v) is 4.14. The van der Waals surface area contributed by atoms with Gasteiger partial charge in [-0.3, -0.25) is 4.79 Å². The number of carbonyl (C=O) groups is 1. The summed E-state index contributed by atoms with van der Waals surface area (Å²) < 4.78 is 13.1. The van der Waals surface area contributed by atoms with E-state index in [-0.39, 0.29) is 12.3 Å². The Morgan fingerprint density at radius 2 is 2.50 bits per heavy atom. The number of halogens is 1. The third-order valence-corrected chi connectivity index (χ3v) is 2.31. The zero-order valence-corrected chi connectivity index (χ0v) is 7.16. The molecule has 0 aromatic carbocycles. The summed E-state index contributed by atoms with van der Waals surface area (Å²) in [5, 5.41) is 8.36. The highest BCUT2D eigenvalue weighted by molar-refractivity contribution is 5.67. The summed E-state index contributed by atoms with van der Waals surface area (Å²) in [6, 6.07) is 0. The fraction of sp³-hybridized carbons (Fsp3) is 0.875. The van der Waals surface area contributed by atoms with Gasteiger partial charge in [0.2, 0.25) is 0 Å². The number of carboxylic acids is 1. The fourth-order valence-corrected chi connectivity index (χ4v) is 1.60. The van der Waals surface area contributed by atoms with E-state index in [0.29, 0.717) is 6.54 Å². The molecule has 1 fully saturated rings. The van der Waals surface area contributed by atoms with Gasteiger partial charge >= 0.3 is 5.97 Å². The van der Waals surface area contributed by atoms with Gasteiger partial charge in [0, 0.05) is 12.5 Å². The first kappa shape index (κ1) is 9.45. The predicted octanol–water partition coefficient (Wildman–Crippen LogP) is 0.751. The average molecular weight is 175 g/mol. The molecular formula is C8H14FNO2. The fourth-order valence-electron chi connectivity index (χ4n) is 1.60. The van der Waals surface area contributed by atoms with Gasteiger partial charge in [-0.05, 0) is 20.0 Å². The summed E-state index contributed by atoms with van der Waals surface area (Å²) in [4.78, 5) is 12.2. The molecule has 0 aliphatic carbocycles. The van der Waals surface area contributed by atoms with E-state index in [4.69, 9.17) is 5.11 Å². The molecule has 0 aromatic heterocycles. The number of hydrogen-bond donors (Lipinski definition) is 1. The zero-order valence-electron chi connectivity index (χ0n) is 7.16. The molecule has 2 atom stereocenters. The Labute approximate surface area is 71.2 Å². The molecule has 0 aromatic rings. The molecule has 1 aliphatic rings. The second-order valence-electron chi connectivity index (χ2n) is 3.42. The number of aliphatic carboxylic acids is 1. The van der Waals surface area contributed by atoms with E-state index in [2.05, 4.69) is 0 Å². The maximum absolute atomic E-state index is 13.1. The normalized spacial score (nSPS) is 27.3. The number of likely N-dealkylation sites (tertiary alicyclic amines) is 1. The lowest BCUT2D eigenvalue weighted by Gasteiger charge is -2.13. The first-order chi connectivity index (χ1) is 5.59. The Hall–Kier alpha value is -0.640. The van der Waals surface area contributed by atoms with E-state index in [1.807, 2.05) is 11.9 Å². The van der Waals surface area contributed by atoms with Gasteiger partial charge in [0.1, 0.15) is 6.17 Å². The van der Waals surface area contributed by atoms with Crippen LogP contribution in [-0.2, 0) is 4.79 Å². The molecule has 1 rings (SSSR count). The SMILES string of the molecule is CN1CCC(C(F)CC(=O)O)C1. The van der Waals surface area contributed by atoms with Gasteiger partial charge in [0.25, 0.3) is 0 Å². The van der Waals surface area contributed by atoms with Crippen LogP contribution in [-0.4, -0.2) is 42.3 Å². The second kappa shape index (κ2) is 3.85. The molecule has 70 valence electrons. The van der Waals surface area contributed by atoms with Crippen molar-refractivity contribution in [2.45, 2.75) is 19.0 Å². The molecule has 0 bridgehead atoms. The van der Waals surface area contributed by atoms with Gasteiger partial charge in [0.15, 0.2) is 0 Å². The maximum Gasteiger partial charge on any atom is 0.306 e. The first-order valence-electron chi connectivity index (χ1n) is 4.14. The van der Waals surface area contributed by atoms with Crippen molar-refractivity contribution < 1.29 is 14.3 Å². The van der Waals surface area contributed by atoms with Crippen molar-refractivity contribution >= 4 is 5.97 Å². The van der Waals surface area contributed by atoms with Crippen molar-refractivity contribution in [2.75, 3.05) is 20.1 Å². The molecule has 0 saturated carbocycles. The standard InChI is InChI=1S/C8H14FNO2/c1-10-3-2-6(5-10)7(9)4-8(11)12/h6-7H,2-5H2,1H3,(H,11,12). The molecule has 1 aliphatic heterocycles. The Morgan fingerprint density at radius 1 is 1.83 bits per heavy atom. The number of rotatable bonds is 3. The van der Waals surface area contributed by atoms with Crippen molar-refractivity contribution in [3.63, 3.8) is 0 Å². The number of carboxylic acid groups (broad SMARTS) is 1. The average Bonchev–Trinajstić information content (AvgIpc) is 2.34. The molecule has 0 radical (unpaired) electrons. The van der Waals surface area contributed by atoms with Crippen LogP contribution >= 0.6 is 0 Å². The van der Waals surface area contributed by atoms with Crippen LogP contribution in [0, 0.1) is 5.92 Å². The number of alkyl halides is 1. The molecule has 2 unspecified atom stereocenters. The lowest BCUT2D eigenvalue weighted by molar-refractivity contribution is -0.138. The third kappa shape index (κ3) is 2.44. The van der Waals surface area contributed by atoms with Crippen LogP contribution < -0.4 is 0 Å².